The van der Waals surface area contributed by atoms with Gasteiger partial charge in [-0.05, 0) is 6.07 Å². The highest BCUT2D eigenvalue weighted by molar-refractivity contribution is 5.92. The molecule has 3 N–H and O–H groups in total. The number of nitro groups is 1. The van der Waals surface area contributed by atoms with E-state index in [9.17, 15) is 14.9 Å². The molecular weight excluding hydrogens is 212 g/mol. The number of nitrogens with two attached hydrogens (primary N) is 1. The molecule has 0 aromatic heterocycles. The molecule has 0 saturated carbocycles. The van der Waals surface area contributed by atoms with Crippen LogP contribution in [-0.4, -0.2) is 17.0 Å². The van der Waals surface area contributed by atoms with Gasteiger partial charge >= 0.3 is 0 Å². The number of anilines is 1. The van der Waals surface area contributed by atoms with Gasteiger partial charge in [0.25, 0.3) is 5.69 Å². The quantitative estimate of drug-likeness (QED) is 0.341. The Labute approximate surface area is 91.1 Å². The number of nitrogens with zero attached hydrogens (tertiary/aromatic N) is 2. The number of amides is 1. The lowest BCUT2D eigenvalue weighted by atomic mass is 10.2. The molecular formula is C9H10N4O3. The summed E-state index contributed by atoms with van der Waals surface area (Å²) in [5.41, 5.74) is 0.433. The minimum atomic E-state index is -0.584. The molecule has 1 rings (SSSR count). The number of nitrogens with one attached hydrogen (secondary N) is 1. The van der Waals surface area contributed by atoms with Crippen LogP contribution in [0.2, 0.25) is 0 Å². The molecule has 1 amide bonds. The number of hydrogen-bond acceptors (Lipinski definition) is 5. The highest BCUT2D eigenvalue weighted by Gasteiger charge is 2.14. The maximum Gasteiger partial charge on any atom is 0.293 e. The fraction of sp³-hybridized carbons (Fsp3) is 0.111. The van der Waals surface area contributed by atoms with Crippen molar-refractivity contribution in [2.75, 3.05) is 5.32 Å². The van der Waals surface area contributed by atoms with Gasteiger partial charge in [-0.1, -0.05) is 6.07 Å². The molecule has 0 atom stereocenters. The maximum absolute atomic E-state index is 10.8. The van der Waals surface area contributed by atoms with Gasteiger partial charge in [0, 0.05) is 18.6 Å². The molecule has 16 heavy (non-hydrogen) atoms. The van der Waals surface area contributed by atoms with Crippen LogP contribution in [0, 0.1) is 10.1 Å². The summed E-state index contributed by atoms with van der Waals surface area (Å²) in [7, 11) is 0. The zero-order valence-corrected chi connectivity index (χ0v) is 8.51. The van der Waals surface area contributed by atoms with E-state index in [0.29, 0.717) is 5.56 Å². The van der Waals surface area contributed by atoms with Crippen LogP contribution in [0.25, 0.3) is 0 Å². The summed E-state index contributed by atoms with van der Waals surface area (Å²) in [6, 6.07) is 4.27. The van der Waals surface area contributed by atoms with Crippen LogP contribution in [0.1, 0.15) is 12.5 Å². The third-order valence-corrected chi connectivity index (χ3v) is 1.75. The van der Waals surface area contributed by atoms with Crippen molar-refractivity contribution in [3.63, 3.8) is 0 Å². The van der Waals surface area contributed by atoms with Crippen LogP contribution in [-0.2, 0) is 4.79 Å². The molecule has 1 aromatic carbocycles. The van der Waals surface area contributed by atoms with E-state index in [0.717, 1.165) is 0 Å². The van der Waals surface area contributed by atoms with E-state index in [2.05, 4.69) is 10.4 Å². The number of rotatable bonds is 3. The predicted molar refractivity (Wildman–Crippen MR) is 59.2 cm³/mol. The lowest BCUT2D eigenvalue weighted by Crippen LogP contribution is -2.08. The van der Waals surface area contributed by atoms with Crippen LogP contribution in [0.3, 0.4) is 0 Å². The highest BCUT2D eigenvalue weighted by atomic mass is 16.6. The molecule has 0 unspecified atom stereocenters. The van der Waals surface area contributed by atoms with Crippen LogP contribution < -0.4 is 11.2 Å². The fourth-order valence-corrected chi connectivity index (χ4v) is 1.16. The van der Waals surface area contributed by atoms with Gasteiger partial charge in [0.05, 0.1) is 11.1 Å². The number of hydrazone groups is 1. The summed E-state index contributed by atoms with van der Waals surface area (Å²) in [4.78, 5) is 21.0. The minimum absolute atomic E-state index is 0.145. The van der Waals surface area contributed by atoms with E-state index in [1.54, 1.807) is 6.07 Å². The summed E-state index contributed by atoms with van der Waals surface area (Å²) in [5, 5.41) is 16.4. The predicted octanol–water partition coefficient (Wildman–Crippen LogP) is 0.846. The lowest BCUT2D eigenvalue weighted by Gasteiger charge is -2.03. The molecule has 7 nitrogen and oxygen atoms in total. The van der Waals surface area contributed by atoms with Crippen LogP contribution >= 0.6 is 0 Å². The first kappa shape index (κ1) is 11.6. The van der Waals surface area contributed by atoms with Crippen molar-refractivity contribution >= 4 is 23.5 Å². The standard InChI is InChI=1S/C9H10N4O3/c1-6(14)12-8-3-2-7(5-11-10)4-9(8)13(15)16/h2-5H,10H2,1H3,(H,12,14). The second-order valence-electron chi connectivity index (χ2n) is 2.99. The number of benzene rings is 1. The van der Waals surface area contributed by atoms with Gasteiger partial charge in [-0.2, -0.15) is 5.10 Å². The Hall–Kier alpha value is -2.44. The molecule has 0 aliphatic carbocycles. The van der Waals surface area contributed by atoms with E-state index in [4.69, 9.17) is 5.84 Å². The first-order valence-corrected chi connectivity index (χ1v) is 4.34. The lowest BCUT2D eigenvalue weighted by molar-refractivity contribution is -0.383. The molecule has 84 valence electrons. The largest absolute Gasteiger partial charge is 0.323 e. The smallest absolute Gasteiger partial charge is 0.293 e. The van der Waals surface area contributed by atoms with E-state index < -0.39 is 4.92 Å². The second-order valence-corrected chi connectivity index (χ2v) is 2.99. The SMILES string of the molecule is CC(=O)Nc1ccc(C=NN)cc1[N+](=O)[O-]. The third kappa shape index (κ3) is 2.77. The van der Waals surface area contributed by atoms with Crippen molar-refractivity contribution in [3.8, 4) is 0 Å². The Kier molecular flexibility index (Phi) is 3.54. The Balaban J connectivity index is 3.19. The molecule has 0 aliphatic heterocycles. The van der Waals surface area contributed by atoms with Crippen LogP contribution in [0.15, 0.2) is 23.3 Å². The van der Waals surface area contributed by atoms with Crippen LogP contribution in [0.4, 0.5) is 11.4 Å². The third-order valence-electron chi connectivity index (χ3n) is 1.75. The molecule has 0 aliphatic rings. The van der Waals surface area contributed by atoms with Gasteiger partial charge in [0.2, 0.25) is 5.91 Å². The van der Waals surface area contributed by atoms with Gasteiger partial charge in [-0.3, -0.25) is 14.9 Å². The van der Waals surface area contributed by atoms with Gasteiger partial charge in [0.15, 0.2) is 0 Å². The second kappa shape index (κ2) is 4.87. The summed E-state index contributed by atoms with van der Waals surface area (Å²) < 4.78 is 0. The van der Waals surface area contributed by atoms with E-state index in [1.165, 1.54) is 25.3 Å². The maximum atomic E-state index is 10.8. The van der Waals surface area contributed by atoms with E-state index >= 15 is 0 Å². The molecule has 0 saturated heterocycles. The van der Waals surface area contributed by atoms with E-state index in [1.807, 2.05) is 0 Å². The van der Waals surface area contributed by atoms with Gasteiger partial charge < -0.3 is 11.2 Å². The Morgan fingerprint density at radius 2 is 2.31 bits per heavy atom. The topological polar surface area (TPSA) is 111 Å². The molecule has 1 aromatic rings. The number of carbonyl (C=O) groups is 1. The molecule has 0 heterocycles. The Bertz CT molecular complexity index is 456. The zero-order chi connectivity index (χ0) is 12.1. The van der Waals surface area contributed by atoms with Gasteiger partial charge in [0.1, 0.15) is 5.69 Å². The van der Waals surface area contributed by atoms with Gasteiger partial charge in [-0.15, -0.1) is 0 Å². The normalized spacial score (nSPS) is 10.3. The first-order chi connectivity index (χ1) is 7.54. The van der Waals surface area contributed by atoms with Crippen molar-refractivity contribution in [1.29, 1.82) is 0 Å². The minimum Gasteiger partial charge on any atom is -0.323 e. The molecule has 7 heteroatoms. The molecule has 0 spiro atoms. The number of nitro benzene ring substituents is 1. The average Bonchev–Trinajstić information content (AvgIpc) is 2.19. The summed E-state index contributed by atoms with van der Waals surface area (Å²) >= 11 is 0. The first-order valence-electron chi connectivity index (χ1n) is 4.34. The van der Waals surface area contributed by atoms with Crippen molar-refractivity contribution in [2.45, 2.75) is 6.92 Å². The van der Waals surface area contributed by atoms with Crippen molar-refractivity contribution in [1.82, 2.24) is 0 Å². The highest BCUT2D eigenvalue weighted by Crippen LogP contribution is 2.24. The van der Waals surface area contributed by atoms with Crippen LogP contribution in [0.5, 0.6) is 0 Å². The average molecular weight is 222 g/mol. The van der Waals surface area contributed by atoms with Crippen molar-refractivity contribution in [2.24, 2.45) is 10.9 Å². The zero-order valence-electron chi connectivity index (χ0n) is 8.51. The number of hydrogen-bond donors (Lipinski definition) is 2. The van der Waals surface area contributed by atoms with Crippen molar-refractivity contribution in [3.05, 3.63) is 33.9 Å². The summed E-state index contributed by atoms with van der Waals surface area (Å²) in [6.45, 7) is 1.28. The monoisotopic (exact) mass is 222 g/mol. The fourth-order valence-electron chi connectivity index (χ4n) is 1.16. The summed E-state index contributed by atoms with van der Waals surface area (Å²) in [6.07, 6.45) is 1.28. The van der Waals surface area contributed by atoms with E-state index in [-0.39, 0.29) is 17.3 Å². The molecule has 0 radical (unpaired) electrons. The Morgan fingerprint density at radius 1 is 1.62 bits per heavy atom. The van der Waals surface area contributed by atoms with Gasteiger partial charge in [-0.25, -0.2) is 0 Å². The van der Waals surface area contributed by atoms with Crippen molar-refractivity contribution < 1.29 is 9.72 Å². The summed E-state index contributed by atoms with van der Waals surface area (Å²) in [5.74, 6) is 4.56. The Morgan fingerprint density at radius 3 is 2.81 bits per heavy atom. The molecule has 0 bridgehead atoms. The molecule has 0 fully saturated rings. The number of carbonyl (C=O) groups excluding carboxylic acids is 1.